The van der Waals surface area contributed by atoms with Gasteiger partial charge in [-0.05, 0) is 72.7 Å². The number of aromatic nitrogens is 1. The predicted octanol–water partition coefficient (Wildman–Crippen LogP) is 3.89. The Bertz CT molecular complexity index is 946. The van der Waals surface area contributed by atoms with E-state index in [4.69, 9.17) is 0 Å². The summed E-state index contributed by atoms with van der Waals surface area (Å²) in [6, 6.07) is 6.62. The van der Waals surface area contributed by atoms with Crippen LogP contribution >= 0.6 is 0 Å². The summed E-state index contributed by atoms with van der Waals surface area (Å²) in [5, 5.41) is 0.474. The van der Waals surface area contributed by atoms with Gasteiger partial charge in [-0.3, -0.25) is 4.98 Å². The summed E-state index contributed by atoms with van der Waals surface area (Å²) in [5.41, 5.74) is 2.82. The summed E-state index contributed by atoms with van der Waals surface area (Å²) in [4.78, 5) is 9.41. The Morgan fingerprint density at radius 3 is 2.36 bits per heavy atom. The number of aryl methyl sites for hydroxylation is 1. The van der Waals surface area contributed by atoms with Gasteiger partial charge in [0.1, 0.15) is 4.90 Å². The number of hydrogen-bond donors (Lipinski definition) is 0. The van der Waals surface area contributed by atoms with E-state index < -0.39 is 15.1 Å². The molecular weight excluding hydrogens is 370 g/mol. The highest BCUT2D eigenvalue weighted by molar-refractivity contribution is 7.92. The molecule has 2 heterocycles. The quantitative estimate of drug-likeness (QED) is 0.758. The molecule has 5 nitrogen and oxygen atoms in total. The summed E-state index contributed by atoms with van der Waals surface area (Å²) in [7, 11) is 0.840. The van der Waals surface area contributed by atoms with Gasteiger partial charge in [-0.2, -0.15) is 0 Å². The van der Waals surface area contributed by atoms with E-state index >= 15 is 0 Å². The number of hydrogen-bond acceptors (Lipinski definition) is 5. The van der Waals surface area contributed by atoms with E-state index in [1.54, 1.807) is 20.0 Å². The summed E-state index contributed by atoms with van der Waals surface area (Å²) in [5.74, 6) is 0.631. The van der Waals surface area contributed by atoms with Crippen molar-refractivity contribution in [1.82, 2.24) is 9.88 Å². The first-order valence-corrected chi connectivity index (χ1v) is 11.7. The number of anilines is 1. The molecule has 154 valence electrons. The van der Waals surface area contributed by atoms with Gasteiger partial charge < -0.3 is 9.80 Å². The van der Waals surface area contributed by atoms with Gasteiger partial charge in [0, 0.05) is 30.7 Å². The Kier molecular flexibility index (Phi) is 6.01. The molecule has 3 rings (SSSR count). The molecule has 0 spiro atoms. The lowest BCUT2D eigenvalue weighted by atomic mass is 9.89. The monoisotopic (exact) mass is 403 g/mol. The van der Waals surface area contributed by atoms with Crippen LogP contribution in [-0.4, -0.2) is 56.8 Å². The van der Waals surface area contributed by atoms with Crippen molar-refractivity contribution in [2.24, 2.45) is 5.92 Å². The SMILES string of the molecule is Cc1ccc2ncc(S(=O)(=O)C(C)C)c(N3CCC(C(C)N(C)C)CC3)c2c1. The third-order valence-corrected chi connectivity index (χ3v) is 8.39. The molecule has 0 aliphatic carbocycles. The molecular formula is C22H33N3O2S. The number of benzene rings is 1. The summed E-state index contributed by atoms with van der Waals surface area (Å²) in [6.07, 6.45) is 3.70. The molecule has 1 aromatic heterocycles. The summed E-state index contributed by atoms with van der Waals surface area (Å²) in [6.45, 7) is 9.54. The van der Waals surface area contributed by atoms with Crippen LogP contribution in [0.2, 0.25) is 0 Å². The number of pyridine rings is 1. The zero-order valence-corrected chi connectivity index (χ0v) is 18.8. The largest absolute Gasteiger partial charge is 0.370 e. The van der Waals surface area contributed by atoms with Crippen molar-refractivity contribution >= 4 is 26.4 Å². The highest BCUT2D eigenvalue weighted by atomic mass is 32.2. The second-order valence-corrected chi connectivity index (χ2v) is 11.1. The van der Waals surface area contributed by atoms with Crippen LogP contribution in [0.25, 0.3) is 10.9 Å². The topological polar surface area (TPSA) is 53.5 Å². The molecule has 0 bridgehead atoms. The fraction of sp³-hybridized carbons (Fsp3) is 0.591. The van der Waals surface area contributed by atoms with E-state index in [1.807, 2.05) is 19.1 Å². The molecule has 0 amide bonds. The van der Waals surface area contributed by atoms with Crippen molar-refractivity contribution in [1.29, 1.82) is 0 Å². The highest BCUT2D eigenvalue weighted by Gasteiger charge is 2.31. The summed E-state index contributed by atoms with van der Waals surface area (Å²) < 4.78 is 26.2. The number of fused-ring (bicyclic) bond motifs is 1. The van der Waals surface area contributed by atoms with Crippen LogP contribution in [-0.2, 0) is 9.84 Å². The second-order valence-electron chi connectivity index (χ2n) is 8.61. The van der Waals surface area contributed by atoms with Crippen LogP contribution in [0.4, 0.5) is 5.69 Å². The van der Waals surface area contributed by atoms with Gasteiger partial charge in [0.15, 0.2) is 9.84 Å². The number of piperidine rings is 1. The van der Waals surface area contributed by atoms with E-state index in [0.29, 0.717) is 16.9 Å². The van der Waals surface area contributed by atoms with E-state index in [0.717, 1.165) is 48.1 Å². The number of sulfone groups is 1. The first-order chi connectivity index (χ1) is 13.1. The average molecular weight is 404 g/mol. The molecule has 0 radical (unpaired) electrons. The first-order valence-electron chi connectivity index (χ1n) is 10.2. The third kappa shape index (κ3) is 3.90. The molecule has 0 saturated carbocycles. The van der Waals surface area contributed by atoms with Gasteiger partial charge >= 0.3 is 0 Å². The van der Waals surface area contributed by atoms with Crippen LogP contribution in [0.3, 0.4) is 0 Å². The lowest BCUT2D eigenvalue weighted by Gasteiger charge is -2.39. The minimum Gasteiger partial charge on any atom is -0.370 e. The zero-order chi connectivity index (χ0) is 20.6. The lowest BCUT2D eigenvalue weighted by molar-refractivity contribution is 0.199. The minimum atomic E-state index is -3.42. The molecule has 1 aliphatic heterocycles. The van der Waals surface area contributed by atoms with Crippen LogP contribution < -0.4 is 4.90 Å². The van der Waals surface area contributed by atoms with Crippen molar-refractivity contribution in [2.75, 3.05) is 32.1 Å². The molecule has 1 atom stereocenters. The van der Waals surface area contributed by atoms with Crippen molar-refractivity contribution in [3.63, 3.8) is 0 Å². The van der Waals surface area contributed by atoms with Crippen LogP contribution in [0.1, 0.15) is 39.2 Å². The van der Waals surface area contributed by atoms with Crippen molar-refractivity contribution in [3.8, 4) is 0 Å². The van der Waals surface area contributed by atoms with Gasteiger partial charge in [-0.25, -0.2) is 8.42 Å². The van der Waals surface area contributed by atoms with Crippen molar-refractivity contribution in [2.45, 2.75) is 56.7 Å². The zero-order valence-electron chi connectivity index (χ0n) is 17.9. The van der Waals surface area contributed by atoms with Crippen LogP contribution in [0.5, 0.6) is 0 Å². The van der Waals surface area contributed by atoms with Crippen molar-refractivity contribution in [3.05, 3.63) is 30.0 Å². The van der Waals surface area contributed by atoms with E-state index in [1.165, 1.54) is 0 Å². The maximum absolute atomic E-state index is 13.1. The Labute approximate surface area is 169 Å². The average Bonchev–Trinajstić information content (AvgIpc) is 2.66. The smallest absolute Gasteiger partial charge is 0.184 e. The van der Waals surface area contributed by atoms with Gasteiger partial charge in [0.05, 0.1) is 16.5 Å². The molecule has 1 fully saturated rings. The van der Waals surface area contributed by atoms with Gasteiger partial charge in [-0.1, -0.05) is 11.6 Å². The molecule has 1 aliphatic rings. The van der Waals surface area contributed by atoms with Crippen LogP contribution in [0.15, 0.2) is 29.3 Å². The summed E-state index contributed by atoms with van der Waals surface area (Å²) >= 11 is 0. The molecule has 1 aromatic carbocycles. The second kappa shape index (κ2) is 7.99. The van der Waals surface area contributed by atoms with Gasteiger partial charge in [0.2, 0.25) is 0 Å². The molecule has 0 N–H and O–H groups in total. The number of nitrogens with zero attached hydrogens (tertiary/aromatic N) is 3. The third-order valence-electron chi connectivity index (χ3n) is 6.24. The number of rotatable bonds is 5. The molecule has 28 heavy (non-hydrogen) atoms. The highest BCUT2D eigenvalue weighted by Crippen LogP contribution is 2.37. The lowest BCUT2D eigenvalue weighted by Crippen LogP contribution is -2.42. The molecule has 1 saturated heterocycles. The minimum absolute atomic E-state index is 0.375. The molecule has 1 unspecified atom stereocenters. The maximum Gasteiger partial charge on any atom is 0.184 e. The molecule has 6 heteroatoms. The Morgan fingerprint density at radius 1 is 1.14 bits per heavy atom. The van der Waals surface area contributed by atoms with Crippen LogP contribution in [0, 0.1) is 12.8 Å². The fourth-order valence-electron chi connectivity index (χ4n) is 4.09. The van der Waals surface area contributed by atoms with Gasteiger partial charge in [-0.15, -0.1) is 0 Å². The molecule has 2 aromatic rings. The standard InChI is InChI=1S/C22H33N3O2S/c1-15(2)28(26,27)21-14-23-20-8-7-16(3)13-19(20)22(21)25-11-9-18(10-12-25)17(4)24(5)6/h7-8,13-15,17-18H,9-12H2,1-6H3. The maximum atomic E-state index is 13.1. The fourth-order valence-corrected chi connectivity index (χ4v) is 5.31. The van der Waals surface area contributed by atoms with Crippen molar-refractivity contribution < 1.29 is 8.42 Å². The van der Waals surface area contributed by atoms with Gasteiger partial charge in [0.25, 0.3) is 0 Å². The normalized spacial score (nSPS) is 17.6. The Morgan fingerprint density at radius 2 is 1.79 bits per heavy atom. The first kappa shape index (κ1) is 21.1. The van der Waals surface area contributed by atoms with E-state index in [9.17, 15) is 8.42 Å². The van der Waals surface area contributed by atoms with E-state index in [-0.39, 0.29) is 0 Å². The van der Waals surface area contributed by atoms with E-state index in [2.05, 4.69) is 41.9 Å². The Balaban J connectivity index is 2.07. The Hall–Kier alpha value is -1.66. The predicted molar refractivity (Wildman–Crippen MR) is 117 cm³/mol.